The maximum Gasteiger partial charge on any atom is 0.251 e. The Balaban J connectivity index is 2.13. The van der Waals surface area contributed by atoms with Crippen molar-refractivity contribution in [3.8, 4) is 0 Å². The molecular weight excluding hydrogens is 316 g/mol. The lowest BCUT2D eigenvalue weighted by Gasteiger charge is -2.15. The molecule has 0 bridgehead atoms. The maximum atomic E-state index is 12.2. The van der Waals surface area contributed by atoms with Gasteiger partial charge in [0.05, 0.1) is 6.04 Å². The van der Waals surface area contributed by atoms with Gasteiger partial charge >= 0.3 is 0 Å². The Labute approximate surface area is 127 Å². The molecular formula is C16H17BrN2O. The monoisotopic (exact) mass is 332 g/mol. The first-order chi connectivity index (χ1) is 9.47. The Morgan fingerprint density at radius 3 is 2.65 bits per heavy atom. The molecule has 104 valence electrons. The predicted molar refractivity (Wildman–Crippen MR) is 85.6 cm³/mol. The van der Waals surface area contributed by atoms with E-state index in [1.807, 2.05) is 32.0 Å². The van der Waals surface area contributed by atoms with Gasteiger partial charge in [0.15, 0.2) is 0 Å². The number of benzene rings is 2. The van der Waals surface area contributed by atoms with Gasteiger partial charge in [0.25, 0.3) is 5.91 Å². The fourth-order valence-corrected chi connectivity index (χ4v) is 2.23. The van der Waals surface area contributed by atoms with Crippen LogP contribution < -0.4 is 11.1 Å². The van der Waals surface area contributed by atoms with Gasteiger partial charge < -0.3 is 11.1 Å². The van der Waals surface area contributed by atoms with Crippen LogP contribution in [0.2, 0.25) is 0 Å². The number of carbonyl (C=O) groups excluding carboxylic acids is 1. The Morgan fingerprint density at radius 1 is 1.25 bits per heavy atom. The van der Waals surface area contributed by atoms with Gasteiger partial charge in [-0.2, -0.15) is 0 Å². The van der Waals surface area contributed by atoms with Crippen molar-refractivity contribution in [3.63, 3.8) is 0 Å². The Bertz CT molecular complexity index is 640. The van der Waals surface area contributed by atoms with E-state index in [0.717, 1.165) is 10.0 Å². The number of aryl methyl sites for hydroxylation is 1. The quantitative estimate of drug-likeness (QED) is 0.839. The van der Waals surface area contributed by atoms with Crippen LogP contribution in [0.25, 0.3) is 0 Å². The lowest BCUT2D eigenvalue weighted by atomic mass is 10.1. The average molecular weight is 333 g/mol. The van der Waals surface area contributed by atoms with Crippen molar-refractivity contribution < 1.29 is 4.79 Å². The van der Waals surface area contributed by atoms with Crippen LogP contribution in [0.5, 0.6) is 0 Å². The molecule has 2 aromatic rings. The molecule has 1 atom stereocenters. The molecule has 0 saturated heterocycles. The molecule has 0 aromatic heterocycles. The molecule has 1 amide bonds. The minimum Gasteiger partial charge on any atom is -0.398 e. The molecule has 0 fully saturated rings. The van der Waals surface area contributed by atoms with E-state index >= 15 is 0 Å². The van der Waals surface area contributed by atoms with E-state index in [4.69, 9.17) is 5.73 Å². The van der Waals surface area contributed by atoms with Gasteiger partial charge in [-0.05, 0) is 53.5 Å². The summed E-state index contributed by atoms with van der Waals surface area (Å²) >= 11 is 3.32. The third-order valence-electron chi connectivity index (χ3n) is 3.15. The van der Waals surface area contributed by atoms with Gasteiger partial charge in [-0.25, -0.2) is 0 Å². The second kappa shape index (κ2) is 6.09. The number of rotatable bonds is 3. The van der Waals surface area contributed by atoms with E-state index in [1.54, 1.807) is 18.2 Å². The number of hydrogen-bond donors (Lipinski definition) is 2. The van der Waals surface area contributed by atoms with Crippen LogP contribution >= 0.6 is 15.9 Å². The number of nitrogens with two attached hydrogens (primary N) is 1. The summed E-state index contributed by atoms with van der Waals surface area (Å²) in [7, 11) is 0. The molecule has 3 nitrogen and oxygen atoms in total. The number of carbonyl (C=O) groups is 1. The van der Waals surface area contributed by atoms with Crippen molar-refractivity contribution in [3.05, 3.63) is 63.6 Å². The summed E-state index contributed by atoms with van der Waals surface area (Å²) in [6.07, 6.45) is 0. The summed E-state index contributed by atoms with van der Waals surface area (Å²) < 4.78 is 0.792. The van der Waals surface area contributed by atoms with Crippen molar-refractivity contribution in [1.29, 1.82) is 0 Å². The van der Waals surface area contributed by atoms with Crippen LogP contribution in [0, 0.1) is 6.92 Å². The van der Waals surface area contributed by atoms with Crippen LogP contribution in [0.4, 0.5) is 5.69 Å². The van der Waals surface area contributed by atoms with Gasteiger partial charge in [0, 0.05) is 15.7 Å². The highest BCUT2D eigenvalue weighted by Crippen LogP contribution is 2.21. The van der Waals surface area contributed by atoms with E-state index in [0.29, 0.717) is 11.3 Å². The Hall–Kier alpha value is -1.81. The first-order valence-corrected chi connectivity index (χ1v) is 7.19. The number of anilines is 1. The third-order valence-corrected chi connectivity index (χ3v) is 3.87. The van der Waals surface area contributed by atoms with Crippen LogP contribution in [0.15, 0.2) is 46.9 Å². The molecule has 0 aliphatic heterocycles. The van der Waals surface area contributed by atoms with Gasteiger partial charge in [0.2, 0.25) is 0 Å². The molecule has 3 N–H and O–H groups in total. The number of halogens is 1. The first-order valence-electron chi connectivity index (χ1n) is 6.40. The van der Waals surface area contributed by atoms with E-state index in [2.05, 4.69) is 27.3 Å². The van der Waals surface area contributed by atoms with Crippen molar-refractivity contribution in [2.75, 3.05) is 5.73 Å². The average Bonchev–Trinajstić information content (AvgIpc) is 2.41. The molecule has 0 unspecified atom stereocenters. The predicted octanol–water partition coefficient (Wildman–Crippen LogP) is 3.83. The summed E-state index contributed by atoms with van der Waals surface area (Å²) in [6.45, 7) is 4.00. The van der Waals surface area contributed by atoms with Crippen LogP contribution in [0.3, 0.4) is 0 Å². The number of hydrogen-bond acceptors (Lipinski definition) is 2. The van der Waals surface area contributed by atoms with Gasteiger partial charge in [-0.15, -0.1) is 0 Å². The molecule has 2 rings (SSSR count). The van der Waals surface area contributed by atoms with Crippen LogP contribution in [-0.2, 0) is 0 Å². The van der Waals surface area contributed by atoms with E-state index in [9.17, 15) is 4.79 Å². The molecule has 0 aliphatic rings. The Kier molecular flexibility index (Phi) is 4.45. The number of amides is 1. The first kappa shape index (κ1) is 14.6. The smallest absolute Gasteiger partial charge is 0.251 e. The van der Waals surface area contributed by atoms with E-state index in [1.165, 1.54) is 5.56 Å². The molecule has 0 aliphatic carbocycles. The second-order valence-electron chi connectivity index (χ2n) is 4.85. The highest BCUT2D eigenvalue weighted by Gasteiger charge is 2.12. The molecule has 0 radical (unpaired) electrons. The van der Waals surface area contributed by atoms with E-state index in [-0.39, 0.29) is 11.9 Å². The highest BCUT2D eigenvalue weighted by molar-refractivity contribution is 9.10. The minimum absolute atomic E-state index is 0.0488. The highest BCUT2D eigenvalue weighted by atomic mass is 79.9. The maximum absolute atomic E-state index is 12.2. The molecule has 4 heteroatoms. The normalized spacial score (nSPS) is 11.9. The number of nitrogens with one attached hydrogen (secondary N) is 1. The van der Waals surface area contributed by atoms with Crippen LogP contribution in [0.1, 0.15) is 34.5 Å². The summed E-state index contributed by atoms with van der Waals surface area (Å²) in [5.41, 5.74) is 9.17. The molecule has 2 aromatic carbocycles. The second-order valence-corrected chi connectivity index (χ2v) is 5.70. The van der Waals surface area contributed by atoms with Gasteiger partial charge in [0.1, 0.15) is 0 Å². The molecule has 0 saturated carbocycles. The fraction of sp³-hybridized carbons (Fsp3) is 0.188. The van der Waals surface area contributed by atoms with Gasteiger partial charge in [-0.3, -0.25) is 4.79 Å². The zero-order chi connectivity index (χ0) is 14.7. The van der Waals surface area contributed by atoms with Crippen molar-refractivity contribution in [1.82, 2.24) is 5.32 Å². The number of nitrogen functional groups attached to an aromatic ring is 1. The Morgan fingerprint density at radius 2 is 2.00 bits per heavy atom. The summed E-state index contributed by atoms with van der Waals surface area (Å²) in [6, 6.07) is 13.3. The third kappa shape index (κ3) is 3.39. The minimum atomic E-state index is -0.127. The topological polar surface area (TPSA) is 55.1 Å². The molecule has 0 spiro atoms. The van der Waals surface area contributed by atoms with Crippen molar-refractivity contribution in [2.24, 2.45) is 0 Å². The summed E-state index contributed by atoms with van der Waals surface area (Å²) in [5, 5.41) is 2.98. The SMILES string of the molecule is Cc1cccc([C@@H](C)NC(=O)c2ccc(Br)c(N)c2)c1. The molecule has 0 heterocycles. The summed E-state index contributed by atoms with van der Waals surface area (Å²) in [5.74, 6) is -0.127. The van der Waals surface area contributed by atoms with E-state index < -0.39 is 0 Å². The standard InChI is InChI=1S/C16H17BrN2O/c1-10-4-3-5-12(8-10)11(2)19-16(20)13-6-7-14(17)15(18)9-13/h3-9,11H,18H2,1-2H3,(H,19,20)/t11-/m1/s1. The zero-order valence-corrected chi connectivity index (χ0v) is 13.1. The van der Waals surface area contributed by atoms with Gasteiger partial charge in [-0.1, -0.05) is 29.8 Å². The lowest BCUT2D eigenvalue weighted by molar-refractivity contribution is 0.0940. The fourth-order valence-electron chi connectivity index (χ4n) is 1.99. The lowest BCUT2D eigenvalue weighted by Crippen LogP contribution is -2.26. The summed E-state index contributed by atoms with van der Waals surface area (Å²) in [4.78, 5) is 12.2. The zero-order valence-electron chi connectivity index (χ0n) is 11.5. The largest absolute Gasteiger partial charge is 0.398 e. The van der Waals surface area contributed by atoms with Crippen LogP contribution in [-0.4, -0.2) is 5.91 Å². The molecule has 20 heavy (non-hydrogen) atoms. The van der Waals surface area contributed by atoms with Crippen molar-refractivity contribution >= 4 is 27.5 Å². The van der Waals surface area contributed by atoms with Crippen molar-refractivity contribution in [2.45, 2.75) is 19.9 Å².